The zero-order valence-corrected chi connectivity index (χ0v) is 16.4. The van der Waals surface area contributed by atoms with Gasteiger partial charge in [-0.15, -0.1) is 5.10 Å². The molecule has 2 aromatic carbocycles. The molecular formula is C19H19N5OS2. The molecule has 1 heterocycles. The molecule has 0 saturated heterocycles. The van der Waals surface area contributed by atoms with Gasteiger partial charge in [-0.25, -0.2) is 0 Å². The van der Waals surface area contributed by atoms with Crippen LogP contribution in [0.2, 0.25) is 0 Å². The van der Waals surface area contributed by atoms with Gasteiger partial charge in [0.1, 0.15) is 0 Å². The lowest BCUT2D eigenvalue weighted by molar-refractivity contribution is 0.102. The molecule has 8 heteroatoms. The van der Waals surface area contributed by atoms with Crippen molar-refractivity contribution in [1.29, 1.82) is 0 Å². The van der Waals surface area contributed by atoms with Crippen molar-refractivity contribution >= 4 is 46.1 Å². The van der Waals surface area contributed by atoms with E-state index in [9.17, 15) is 4.79 Å². The first-order chi connectivity index (χ1) is 13.1. The molecule has 0 aliphatic rings. The summed E-state index contributed by atoms with van der Waals surface area (Å²) in [4.78, 5) is 11.9. The minimum Gasteiger partial charge on any atom is -0.362 e. The monoisotopic (exact) mass is 397 g/mol. The predicted molar refractivity (Wildman–Crippen MR) is 113 cm³/mol. The minimum atomic E-state index is -0.280. The summed E-state index contributed by atoms with van der Waals surface area (Å²) in [6.45, 7) is 2.83. The number of nitrogens with one attached hydrogen (secondary N) is 3. The van der Waals surface area contributed by atoms with Crippen LogP contribution in [0.3, 0.4) is 0 Å². The maximum atomic E-state index is 11.9. The second kappa shape index (κ2) is 9.20. The summed E-state index contributed by atoms with van der Waals surface area (Å²) < 4.78 is 3.68. The van der Waals surface area contributed by atoms with Gasteiger partial charge >= 0.3 is 0 Å². The van der Waals surface area contributed by atoms with Gasteiger partial charge in [-0.05, 0) is 66.9 Å². The van der Waals surface area contributed by atoms with E-state index in [-0.39, 0.29) is 5.91 Å². The van der Waals surface area contributed by atoms with Gasteiger partial charge in [0.05, 0.1) is 0 Å². The van der Waals surface area contributed by atoms with E-state index < -0.39 is 0 Å². The lowest BCUT2D eigenvalue weighted by Gasteiger charge is -2.11. The molecule has 3 rings (SSSR count). The fourth-order valence-corrected chi connectivity index (χ4v) is 3.00. The van der Waals surface area contributed by atoms with Crippen LogP contribution in [0.4, 0.5) is 11.4 Å². The molecule has 0 aliphatic carbocycles. The number of hydrogen-bond donors (Lipinski definition) is 3. The number of rotatable bonds is 6. The maximum Gasteiger partial charge on any atom is 0.277 e. The SMILES string of the molecule is Cc1ccc(CCNC(=S)Nc2ccc(NC(=O)c3csnn3)cc2)cc1. The molecule has 0 unspecified atom stereocenters. The van der Waals surface area contributed by atoms with E-state index in [1.807, 2.05) is 12.1 Å². The van der Waals surface area contributed by atoms with Gasteiger partial charge in [0.25, 0.3) is 5.91 Å². The summed E-state index contributed by atoms with van der Waals surface area (Å²) in [5.74, 6) is -0.280. The third kappa shape index (κ3) is 5.83. The number of carbonyl (C=O) groups excluding carboxylic acids is 1. The number of aryl methyl sites for hydroxylation is 1. The number of anilines is 2. The molecule has 0 radical (unpaired) electrons. The molecule has 1 amide bonds. The van der Waals surface area contributed by atoms with E-state index >= 15 is 0 Å². The summed E-state index contributed by atoms with van der Waals surface area (Å²) in [6, 6.07) is 15.8. The fourth-order valence-electron chi connectivity index (χ4n) is 2.35. The van der Waals surface area contributed by atoms with E-state index in [0.29, 0.717) is 16.5 Å². The molecule has 3 aromatic rings. The zero-order valence-electron chi connectivity index (χ0n) is 14.7. The van der Waals surface area contributed by atoms with Crippen LogP contribution in [-0.2, 0) is 6.42 Å². The largest absolute Gasteiger partial charge is 0.362 e. The molecular weight excluding hydrogens is 378 g/mol. The van der Waals surface area contributed by atoms with Gasteiger partial charge < -0.3 is 16.0 Å². The van der Waals surface area contributed by atoms with Crippen molar-refractivity contribution in [2.45, 2.75) is 13.3 Å². The van der Waals surface area contributed by atoms with Crippen molar-refractivity contribution in [3.05, 3.63) is 70.7 Å². The molecule has 0 spiro atoms. The van der Waals surface area contributed by atoms with E-state index in [0.717, 1.165) is 30.2 Å². The molecule has 6 nitrogen and oxygen atoms in total. The maximum absolute atomic E-state index is 11.9. The highest BCUT2D eigenvalue weighted by atomic mass is 32.1. The number of aromatic nitrogens is 2. The number of carbonyl (C=O) groups is 1. The van der Waals surface area contributed by atoms with Gasteiger partial charge in [-0.2, -0.15) is 0 Å². The van der Waals surface area contributed by atoms with Crippen molar-refractivity contribution in [1.82, 2.24) is 14.9 Å². The molecule has 27 heavy (non-hydrogen) atoms. The highest BCUT2D eigenvalue weighted by Gasteiger charge is 2.08. The Balaban J connectivity index is 1.44. The van der Waals surface area contributed by atoms with Gasteiger partial charge in [-0.3, -0.25) is 4.79 Å². The number of hydrogen-bond acceptors (Lipinski definition) is 5. The first-order valence-electron chi connectivity index (χ1n) is 8.39. The summed E-state index contributed by atoms with van der Waals surface area (Å²) in [7, 11) is 0. The molecule has 0 aliphatic heterocycles. The Hall–Kier alpha value is -2.84. The van der Waals surface area contributed by atoms with Crippen LogP contribution >= 0.6 is 23.8 Å². The average Bonchev–Trinajstić information content (AvgIpc) is 3.20. The van der Waals surface area contributed by atoms with Crippen molar-refractivity contribution in [3.8, 4) is 0 Å². The second-order valence-electron chi connectivity index (χ2n) is 5.94. The van der Waals surface area contributed by atoms with Gasteiger partial charge in [0.2, 0.25) is 0 Å². The van der Waals surface area contributed by atoms with Crippen molar-refractivity contribution < 1.29 is 4.79 Å². The molecule has 0 atom stereocenters. The fraction of sp³-hybridized carbons (Fsp3) is 0.158. The number of thiocarbonyl (C=S) groups is 1. The Morgan fingerprint density at radius 3 is 2.33 bits per heavy atom. The zero-order chi connectivity index (χ0) is 19.1. The molecule has 0 saturated carbocycles. The smallest absolute Gasteiger partial charge is 0.277 e. The van der Waals surface area contributed by atoms with Crippen LogP contribution in [0, 0.1) is 6.92 Å². The lowest BCUT2D eigenvalue weighted by atomic mass is 10.1. The molecule has 0 bridgehead atoms. The highest BCUT2D eigenvalue weighted by Crippen LogP contribution is 2.14. The highest BCUT2D eigenvalue weighted by molar-refractivity contribution is 7.80. The van der Waals surface area contributed by atoms with E-state index in [1.54, 1.807) is 17.5 Å². The van der Waals surface area contributed by atoms with Crippen LogP contribution in [0.1, 0.15) is 21.6 Å². The Morgan fingerprint density at radius 2 is 1.70 bits per heavy atom. The predicted octanol–water partition coefficient (Wildman–Crippen LogP) is 3.63. The Bertz CT molecular complexity index is 893. The van der Waals surface area contributed by atoms with E-state index in [2.05, 4.69) is 56.7 Å². The normalized spacial score (nSPS) is 10.3. The Labute approximate surface area is 167 Å². The van der Waals surface area contributed by atoms with Crippen LogP contribution in [0.15, 0.2) is 53.9 Å². The Kier molecular flexibility index (Phi) is 6.45. The van der Waals surface area contributed by atoms with E-state index in [4.69, 9.17) is 12.2 Å². The molecule has 1 aromatic heterocycles. The summed E-state index contributed by atoms with van der Waals surface area (Å²) in [6.07, 6.45) is 0.901. The topological polar surface area (TPSA) is 78.9 Å². The molecule has 0 fully saturated rings. The minimum absolute atomic E-state index is 0.280. The van der Waals surface area contributed by atoms with Crippen LogP contribution in [0.5, 0.6) is 0 Å². The number of benzene rings is 2. The first kappa shape index (κ1) is 18.9. The quantitative estimate of drug-likeness (QED) is 0.551. The molecule has 138 valence electrons. The number of nitrogens with zero attached hydrogens (tertiary/aromatic N) is 2. The van der Waals surface area contributed by atoms with Gasteiger partial charge in [0.15, 0.2) is 10.8 Å². The Morgan fingerprint density at radius 1 is 1.04 bits per heavy atom. The van der Waals surface area contributed by atoms with Crippen molar-refractivity contribution in [2.24, 2.45) is 0 Å². The van der Waals surface area contributed by atoms with Crippen LogP contribution in [-0.4, -0.2) is 27.2 Å². The standard InChI is InChI=1S/C19H19N5OS2/c1-13-2-4-14(5-3-13)10-11-20-19(26)22-16-8-6-15(7-9-16)21-18(25)17-12-27-24-23-17/h2-9,12H,10-11H2,1H3,(H,21,25)(H2,20,22,26). The van der Waals surface area contributed by atoms with Gasteiger partial charge in [-0.1, -0.05) is 34.3 Å². The number of amides is 1. The lowest BCUT2D eigenvalue weighted by Crippen LogP contribution is -2.30. The third-order valence-corrected chi connectivity index (χ3v) is 4.56. The van der Waals surface area contributed by atoms with Crippen LogP contribution < -0.4 is 16.0 Å². The van der Waals surface area contributed by atoms with Crippen molar-refractivity contribution in [3.63, 3.8) is 0 Å². The summed E-state index contributed by atoms with van der Waals surface area (Å²) >= 11 is 6.46. The third-order valence-electron chi connectivity index (χ3n) is 3.81. The van der Waals surface area contributed by atoms with E-state index in [1.165, 1.54) is 11.1 Å². The van der Waals surface area contributed by atoms with Crippen molar-refractivity contribution in [2.75, 3.05) is 17.2 Å². The second-order valence-corrected chi connectivity index (χ2v) is 6.96. The summed E-state index contributed by atoms with van der Waals surface area (Å²) in [5.41, 5.74) is 4.35. The van der Waals surface area contributed by atoms with Crippen LogP contribution in [0.25, 0.3) is 0 Å². The first-order valence-corrected chi connectivity index (χ1v) is 9.63. The van der Waals surface area contributed by atoms with Gasteiger partial charge in [0, 0.05) is 23.3 Å². The summed E-state index contributed by atoms with van der Waals surface area (Å²) in [5, 5.41) is 15.0. The molecule has 3 N–H and O–H groups in total. The average molecular weight is 398 g/mol.